The number of aliphatic hydroxyl groups is 1. The van der Waals surface area contributed by atoms with Crippen molar-refractivity contribution >= 4 is 11.6 Å². The fourth-order valence-electron chi connectivity index (χ4n) is 4.96. The molecule has 0 unspecified atom stereocenters. The molecule has 1 aliphatic carbocycles. The molecule has 3 aliphatic rings. The van der Waals surface area contributed by atoms with Crippen LogP contribution in [0.3, 0.4) is 0 Å². The number of aromatic nitrogens is 2. The monoisotopic (exact) mass is 364 g/mol. The minimum Gasteiger partial charge on any atom is -0.393 e. The molecule has 1 amide bonds. The Morgan fingerprint density at radius 1 is 1.37 bits per heavy atom. The molecule has 1 saturated heterocycles. The average molecular weight is 364 g/mol. The third-order valence-electron chi connectivity index (χ3n) is 6.36. The van der Waals surface area contributed by atoms with Crippen LogP contribution in [0.4, 0.5) is 5.69 Å². The van der Waals surface area contributed by atoms with E-state index in [2.05, 4.69) is 45.4 Å². The number of aliphatic hydroxyl groups excluding tert-OH is 1. The summed E-state index contributed by atoms with van der Waals surface area (Å²) < 4.78 is 2.16. The van der Waals surface area contributed by atoms with Gasteiger partial charge in [0.1, 0.15) is 5.54 Å². The van der Waals surface area contributed by atoms with E-state index in [1.165, 1.54) is 5.69 Å². The lowest BCUT2D eigenvalue weighted by atomic mass is 9.81. The highest BCUT2D eigenvalue weighted by molar-refractivity contribution is 5.81. The SMILES string of the molecule is C=CCN1c2cccnc2-n2cccc2[C@@]12CCN(C(=O)C1CC(O)C1)C2. The van der Waals surface area contributed by atoms with E-state index in [9.17, 15) is 9.90 Å². The van der Waals surface area contributed by atoms with Crippen LogP contribution in [0.1, 0.15) is 25.0 Å². The Kier molecular flexibility index (Phi) is 3.65. The summed E-state index contributed by atoms with van der Waals surface area (Å²) in [5.74, 6) is 1.09. The van der Waals surface area contributed by atoms with E-state index in [1.54, 1.807) is 0 Å². The number of rotatable bonds is 3. The number of fused-ring (bicyclic) bond motifs is 4. The van der Waals surface area contributed by atoms with Crippen LogP contribution >= 0.6 is 0 Å². The van der Waals surface area contributed by atoms with Crippen LogP contribution in [0.25, 0.3) is 5.82 Å². The van der Waals surface area contributed by atoms with Crippen molar-refractivity contribution in [3.05, 3.63) is 55.0 Å². The molecule has 2 aliphatic heterocycles. The van der Waals surface area contributed by atoms with Crippen molar-refractivity contribution < 1.29 is 9.90 Å². The summed E-state index contributed by atoms with van der Waals surface area (Å²) in [5, 5.41) is 9.58. The van der Waals surface area contributed by atoms with E-state index in [0.717, 1.165) is 24.5 Å². The first-order valence-corrected chi connectivity index (χ1v) is 9.63. The summed E-state index contributed by atoms with van der Waals surface area (Å²) in [4.78, 5) is 21.9. The van der Waals surface area contributed by atoms with Crippen LogP contribution in [0.2, 0.25) is 0 Å². The van der Waals surface area contributed by atoms with E-state index in [0.29, 0.717) is 25.9 Å². The second-order valence-corrected chi connectivity index (χ2v) is 7.87. The smallest absolute Gasteiger partial charge is 0.225 e. The molecule has 1 N–H and O–H groups in total. The van der Waals surface area contributed by atoms with E-state index in [4.69, 9.17) is 0 Å². The van der Waals surface area contributed by atoms with Crippen molar-refractivity contribution in [2.45, 2.75) is 30.9 Å². The van der Waals surface area contributed by atoms with E-state index < -0.39 is 0 Å². The van der Waals surface area contributed by atoms with Crippen molar-refractivity contribution in [1.82, 2.24) is 14.5 Å². The van der Waals surface area contributed by atoms with Gasteiger partial charge in [-0.1, -0.05) is 6.08 Å². The molecule has 5 rings (SSSR count). The van der Waals surface area contributed by atoms with Crippen LogP contribution in [0, 0.1) is 5.92 Å². The molecule has 1 spiro atoms. The Balaban J connectivity index is 1.55. The molecule has 2 aromatic rings. The molecular formula is C21H24N4O2. The van der Waals surface area contributed by atoms with Crippen molar-refractivity contribution in [2.24, 2.45) is 5.92 Å². The van der Waals surface area contributed by atoms with Crippen molar-refractivity contribution in [3.63, 3.8) is 0 Å². The van der Waals surface area contributed by atoms with Gasteiger partial charge in [-0.2, -0.15) is 0 Å². The molecule has 0 radical (unpaired) electrons. The highest BCUT2D eigenvalue weighted by Crippen LogP contribution is 2.47. The Morgan fingerprint density at radius 2 is 2.22 bits per heavy atom. The predicted molar refractivity (Wildman–Crippen MR) is 103 cm³/mol. The van der Waals surface area contributed by atoms with Gasteiger partial charge in [0, 0.05) is 37.9 Å². The summed E-state index contributed by atoms with van der Waals surface area (Å²) in [6.45, 7) is 6.06. The van der Waals surface area contributed by atoms with E-state index in [-0.39, 0.29) is 23.5 Å². The van der Waals surface area contributed by atoms with Gasteiger partial charge >= 0.3 is 0 Å². The topological polar surface area (TPSA) is 61.6 Å². The zero-order valence-electron chi connectivity index (χ0n) is 15.3. The fourth-order valence-corrected chi connectivity index (χ4v) is 4.96. The summed E-state index contributed by atoms with van der Waals surface area (Å²) in [6, 6.07) is 8.27. The molecule has 1 atom stereocenters. The van der Waals surface area contributed by atoms with Gasteiger partial charge in [0.05, 0.1) is 17.5 Å². The molecular weight excluding hydrogens is 340 g/mol. The number of hydrogen-bond acceptors (Lipinski definition) is 4. The molecule has 1 saturated carbocycles. The number of anilines is 1. The minimum absolute atomic E-state index is 0.0210. The Morgan fingerprint density at radius 3 is 3.00 bits per heavy atom. The van der Waals surface area contributed by atoms with Crippen LogP contribution in [0.15, 0.2) is 49.3 Å². The standard InChI is InChI=1S/C21H24N4O2/c1-2-9-25-17-5-3-8-22-19(17)24-10-4-6-18(24)21(25)7-11-23(14-21)20(27)15-12-16(26)13-15/h2-6,8,10,15-16,26H,1,7,9,11-14H2/t15?,16?,21-/m0/s1. The van der Waals surface area contributed by atoms with E-state index >= 15 is 0 Å². The van der Waals surface area contributed by atoms with Crippen molar-refractivity contribution in [1.29, 1.82) is 0 Å². The number of carbonyl (C=O) groups is 1. The van der Waals surface area contributed by atoms with Crippen molar-refractivity contribution in [2.75, 3.05) is 24.5 Å². The van der Waals surface area contributed by atoms with Gasteiger partial charge < -0.3 is 19.5 Å². The fraction of sp³-hybridized carbons (Fsp3) is 0.429. The summed E-state index contributed by atoms with van der Waals surface area (Å²) >= 11 is 0. The van der Waals surface area contributed by atoms with E-state index in [1.807, 2.05) is 23.2 Å². The lowest BCUT2D eigenvalue weighted by molar-refractivity contribution is -0.141. The second-order valence-electron chi connectivity index (χ2n) is 7.87. The van der Waals surface area contributed by atoms with Gasteiger partial charge in [-0.3, -0.25) is 4.79 Å². The van der Waals surface area contributed by atoms with Gasteiger partial charge in [0.25, 0.3) is 0 Å². The van der Waals surface area contributed by atoms with Gasteiger partial charge in [0.2, 0.25) is 5.91 Å². The Bertz CT molecular complexity index is 901. The largest absolute Gasteiger partial charge is 0.393 e. The molecule has 6 heteroatoms. The zero-order valence-corrected chi connectivity index (χ0v) is 15.3. The number of nitrogens with zero attached hydrogens (tertiary/aromatic N) is 4. The summed E-state index contributed by atoms with van der Waals surface area (Å²) in [5.41, 5.74) is 1.99. The third-order valence-corrected chi connectivity index (χ3v) is 6.36. The maximum absolute atomic E-state index is 12.9. The highest BCUT2D eigenvalue weighted by Gasteiger charge is 2.51. The van der Waals surface area contributed by atoms with Gasteiger partial charge in [0.15, 0.2) is 5.82 Å². The van der Waals surface area contributed by atoms with Gasteiger partial charge in [-0.25, -0.2) is 4.98 Å². The predicted octanol–water partition coefficient (Wildman–Crippen LogP) is 2.08. The van der Waals surface area contributed by atoms with Crippen molar-refractivity contribution in [3.8, 4) is 5.82 Å². The number of hydrogen-bond donors (Lipinski definition) is 1. The first-order valence-electron chi connectivity index (χ1n) is 9.63. The first kappa shape index (κ1) is 16.6. The molecule has 140 valence electrons. The number of pyridine rings is 1. The van der Waals surface area contributed by atoms with Crippen LogP contribution < -0.4 is 4.90 Å². The highest BCUT2D eigenvalue weighted by atomic mass is 16.3. The van der Waals surface area contributed by atoms with Crippen LogP contribution in [-0.2, 0) is 10.3 Å². The molecule has 0 bridgehead atoms. The second kappa shape index (κ2) is 5.96. The molecule has 6 nitrogen and oxygen atoms in total. The molecule has 0 aromatic carbocycles. The number of likely N-dealkylation sites (tertiary alicyclic amines) is 1. The first-order chi connectivity index (χ1) is 13.1. The summed E-state index contributed by atoms with van der Waals surface area (Å²) in [6.07, 6.45) is 7.56. The molecule has 27 heavy (non-hydrogen) atoms. The molecule has 2 fully saturated rings. The lowest BCUT2D eigenvalue weighted by Gasteiger charge is -2.47. The minimum atomic E-state index is -0.308. The molecule has 2 aromatic heterocycles. The molecule has 4 heterocycles. The maximum Gasteiger partial charge on any atom is 0.225 e. The number of carbonyl (C=O) groups excluding carboxylic acids is 1. The lowest BCUT2D eigenvalue weighted by Crippen LogP contribution is -2.53. The Hall–Kier alpha value is -2.60. The van der Waals surface area contributed by atoms with Crippen LogP contribution in [0.5, 0.6) is 0 Å². The summed E-state index contributed by atoms with van der Waals surface area (Å²) in [7, 11) is 0. The average Bonchev–Trinajstić information content (AvgIpc) is 3.31. The Labute approximate surface area is 158 Å². The van der Waals surface area contributed by atoms with Gasteiger partial charge in [-0.15, -0.1) is 6.58 Å². The van der Waals surface area contributed by atoms with Gasteiger partial charge in [-0.05, 0) is 43.5 Å². The maximum atomic E-state index is 12.9. The quantitative estimate of drug-likeness (QED) is 0.847. The normalized spacial score (nSPS) is 28.6. The third kappa shape index (κ3) is 2.29. The zero-order chi connectivity index (χ0) is 18.6. The number of amides is 1. The van der Waals surface area contributed by atoms with Crippen LogP contribution in [-0.4, -0.2) is 51.2 Å².